The Hall–Kier alpha value is -4.92. The lowest BCUT2D eigenvalue weighted by atomic mass is 9.87. The van der Waals surface area contributed by atoms with E-state index in [2.05, 4.69) is 127 Å². The standard InChI is InChI=1S/C38H22OS/c1-2-11-27-26(10-1)25(19-20-28(27)30-14-8-18-36-38(30)31-13-4-6-17-35(31)40-36)24-21-23-9-7-16-34-37(23)32(22-24)29-12-3-5-15-33(29)39-34/h1-22H. The quantitative estimate of drug-likeness (QED) is 0.218. The number of hydrogen-bond donors (Lipinski definition) is 0. The second-order valence-corrected chi connectivity index (χ2v) is 11.5. The lowest BCUT2D eigenvalue weighted by Crippen LogP contribution is -1.97. The monoisotopic (exact) mass is 526 g/mol. The molecule has 7 aromatic carbocycles. The number of ether oxygens (including phenoxy) is 1. The van der Waals surface area contributed by atoms with Gasteiger partial charge in [-0.3, -0.25) is 0 Å². The van der Waals surface area contributed by atoms with E-state index >= 15 is 0 Å². The van der Waals surface area contributed by atoms with Gasteiger partial charge in [0, 0.05) is 31.1 Å². The molecular weight excluding hydrogens is 504 g/mol. The number of hydrogen-bond acceptors (Lipinski definition) is 2. The van der Waals surface area contributed by atoms with E-state index in [1.807, 2.05) is 17.4 Å². The molecule has 8 aromatic rings. The zero-order valence-corrected chi connectivity index (χ0v) is 22.3. The number of rotatable bonds is 2. The van der Waals surface area contributed by atoms with Gasteiger partial charge in [-0.05, 0) is 80.4 Å². The first-order valence-corrected chi connectivity index (χ1v) is 14.4. The summed E-state index contributed by atoms with van der Waals surface area (Å²) >= 11 is 1.87. The van der Waals surface area contributed by atoms with Gasteiger partial charge in [-0.15, -0.1) is 11.3 Å². The van der Waals surface area contributed by atoms with E-state index in [0.29, 0.717) is 0 Å². The molecule has 0 fully saturated rings. The topological polar surface area (TPSA) is 9.23 Å². The average molecular weight is 527 g/mol. The van der Waals surface area contributed by atoms with Crippen LogP contribution in [0.2, 0.25) is 0 Å². The van der Waals surface area contributed by atoms with E-state index in [4.69, 9.17) is 4.74 Å². The summed E-state index contributed by atoms with van der Waals surface area (Å²) in [6.07, 6.45) is 0. The highest BCUT2D eigenvalue weighted by Crippen LogP contribution is 2.49. The van der Waals surface area contributed by atoms with E-state index in [-0.39, 0.29) is 0 Å². The van der Waals surface area contributed by atoms with Crippen LogP contribution in [0.25, 0.3) is 75.1 Å². The van der Waals surface area contributed by atoms with Crippen molar-refractivity contribution in [1.29, 1.82) is 0 Å². The number of benzene rings is 7. The number of fused-ring (bicyclic) bond motifs is 6. The summed E-state index contributed by atoms with van der Waals surface area (Å²) in [5.74, 6) is 1.84. The second kappa shape index (κ2) is 8.29. The molecule has 0 aliphatic carbocycles. The number of para-hydroxylation sites is 1. The molecular formula is C38H22OS. The molecule has 1 aliphatic rings. The van der Waals surface area contributed by atoms with Crippen molar-refractivity contribution in [3.8, 4) is 44.9 Å². The van der Waals surface area contributed by atoms with E-state index in [9.17, 15) is 0 Å². The Morgan fingerprint density at radius 2 is 1.07 bits per heavy atom. The van der Waals surface area contributed by atoms with Gasteiger partial charge in [0.2, 0.25) is 0 Å². The third-order valence-corrected chi connectivity index (χ3v) is 9.40. The number of thiophene rings is 1. The maximum atomic E-state index is 6.29. The fourth-order valence-corrected chi connectivity index (χ4v) is 7.66. The minimum atomic E-state index is 0.913. The van der Waals surface area contributed by atoms with Gasteiger partial charge < -0.3 is 4.74 Å². The maximum Gasteiger partial charge on any atom is 0.135 e. The molecule has 0 amide bonds. The molecule has 0 radical (unpaired) electrons. The molecule has 1 nitrogen and oxygen atoms in total. The first-order valence-electron chi connectivity index (χ1n) is 13.6. The van der Waals surface area contributed by atoms with Crippen LogP contribution in [0.1, 0.15) is 0 Å². The van der Waals surface area contributed by atoms with Crippen LogP contribution >= 0.6 is 11.3 Å². The SMILES string of the molecule is c1ccc2c(c1)Oc1cccc3cc(-c4ccc(-c5cccc6sc7ccccc7c56)c5ccccc45)cc-2c13. The summed E-state index contributed by atoms with van der Waals surface area (Å²) in [6.45, 7) is 0. The minimum absolute atomic E-state index is 0.913. The summed E-state index contributed by atoms with van der Waals surface area (Å²) in [6, 6.07) is 48.3. The third-order valence-electron chi connectivity index (χ3n) is 8.26. The zero-order chi connectivity index (χ0) is 26.2. The van der Waals surface area contributed by atoms with Gasteiger partial charge >= 0.3 is 0 Å². The molecule has 186 valence electrons. The van der Waals surface area contributed by atoms with E-state index < -0.39 is 0 Å². The van der Waals surface area contributed by atoms with Crippen molar-refractivity contribution in [1.82, 2.24) is 0 Å². The highest BCUT2D eigenvalue weighted by Gasteiger charge is 2.21. The highest BCUT2D eigenvalue weighted by molar-refractivity contribution is 7.25. The van der Waals surface area contributed by atoms with E-state index in [1.54, 1.807) is 0 Å². The fourth-order valence-electron chi connectivity index (χ4n) is 6.53. The Bertz CT molecular complexity index is 2310. The van der Waals surface area contributed by atoms with Crippen molar-refractivity contribution in [3.05, 3.63) is 133 Å². The lowest BCUT2D eigenvalue weighted by Gasteiger charge is -2.22. The second-order valence-electron chi connectivity index (χ2n) is 10.5. The van der Waals surface area contributed by atoms with Crippen LogP contribution in [0.4, 0.5) is 0 Å². The predicted octanol–water partition coefficient (Wildman–Crippen LogP) is 11.5. The molecule has 0 N–H and O–H groups in total. The summed E-state index contributed by atoms with van der Waals surface area (Å²) in [4.78, 5) is 0. The molecule has 0 spiro atoms. The Kier molecular flexibility index (Phi) is 4.55. The highest BCUT2D eigenvalue weighted by atomic mass is 32.1. The molecule has 1 aliphatic heterocycles. The van der Waals surface area contributed by atoms with E-state index in [1.165, 1.54) is 69.5 Å². The molecule has 0 atom stereocenters. The first-order chi connectivity index (χ1) is 19.8. The van der Waals surface area contributed by atoms with Crippen molar-refractivity contribution < 1.29 is 4.74 Å². The van der Waals surface area contributed by atoms with Gasteiger partial charge in [-0.2, -0.15) is 0 Å². The Labute approximate surface area is 235 Å². The van der Waals surface area contributed by atoms with Crippen LogP contribution in [0.3, 0.4) is 0 Å². The van der Waals surface area contributed by atoms with E-state index in [0.717, 1.165) is 17.1 Å². The van der Waals surface area contributed by atoms with Crippen molar-refractivity contribution in [3.63, 3.8) is 0 Å². The van der Waals surface area contributed by atoms with Crippen LogP contribution in [-0.4, -0.2) is 0 Å². The summed E-state index contributed by atoms with van der Waals surface area (Å²) in [5.41, 5.74) is 7.41. The van der Waals surface area contributed by atoms with Gasteiger partial charge in [-0.1, -0.05) is 97.1 Å². The minimum Gasteiger partial charge on any atom is -0.456 e. The Morgan fingerprint density at radius 1 is 0.400 bits per heavy atom. The Balaban J connectivity index is 1.32. The largest absolute Gasteiger partial charge is 0.456 e. The fraction of sp³-hybridized carbons (Fsp3) is 0. The smallest absolute Gasteiger partial charge is 0.135 e. The molecule has 0 bridgehead atoms. The van der Waals surface area contributed by atoms with Crippen LogP contribution in [-0.2, 0) is 0 Å². The maximum absolute atomic E-state index is 6.29. The molecule has 0 saturated carbocycles. The van der Waals surface area contributed by atoms with Gasteiger partial charge in [0.15, 0.2) is 0 Å². The summed E-state index contributed by atoms with van der Waals surface area (Å²) < 4.78 is 8.95. The zero-order valence-electron chi connectivity index (χ0n) is 21.5. The van der Waals surface area contributed by atoms with Gasteiger partial charge in [-0.25, -0.2) is 0 Å². The van der Waals surface area contributed by atoms with Crippen molar-refractivity contribution in [2.24, 2.45) is 0 Å². The first kappa shape index (κ1) is 22.0. The van der Waals surface area contributed by atoms with Crippen molar-refractivity contribution >= 4 is 53.1 Å². The average Bonchev–Trinajstić information content (AvgIpc) is 3.40. The molecule has 40 heavy (non-hydrogen) atoms. The van der Waals surface area contributed by atoms with Crippen LogP contribution in [0, 0.1) is 0 Å². The Morgan fingerprint density at radius 3 is 2.00 bits per heavy atom. The molecule has 0 saturated heterocycles. The molecule has 9 rings (SSSR count). The van der Waals surface area contributed by atoms with Gasteiger partial charge in [0.05, 0.1) is 0 Å². The van der Waals surface area contributed by atoms with Gasteiger partial charge in [0.1, 0.15) is 11.5 Å². The van der Waals surface area contributed by atoms with Gasteiger partial charge in [0.25, 0.3) is 0 Å². The predicted molar refractivity (Wildman–Crippen MR) is 171 cm³/mol. The van der Waals surface area contributed by atoms with Crippen LogP contribution < -0.4 is 4.74 Å². The lowest BCUT2D eigenvalue weighted by molar-refractivity contribution is 0.487. The molecule has 1 aromatic heterocycles. The summed E-state index contributed by atoms with van der Waals surface area (Å²) in [7, 11) is 0. The normalized spacial score (nSPS) is 12.2. The summed E-state index contributed by atoms with van der Waals surface area (Å²) in [5, 5.41) is 7.59. The van der Waals surface area contributed by atoms with Crippen molar-refractivity contribution in [2.75, 3.05) is 0 Å². The van der Waals surface area contributed by atoms with Crippen molar-refractivity contribution in [2.45, 2.75) is 0 Å². The molecule has 2 heterocycles. The molecule has 2 heteroatoms. The van der Waals surface area contributed by atoms with Crippen LogP contribution in [0.5, 0.6) is 11.5 Å². The third kappa shape index (κ3) is 3.08. The van der Waals surface area contributed by atoms with Crippen LogP contribution in [0.15, 0.2) is 133 Å². The molecule has 0 unspecified atom stereocenters.